The predicted octanol–water partition coefficient (Wildman–Crippen LogP) is 9.68. The van der Waals surface area contributed by atoms with Crippen LogP contribution in [-0.2, 0) is 12.8 Å². The number of halogens is 3. The smallest absolute Gasteiger partial charge is 0.0707 e. The van der Waals surface area contributed by atoms with Crippen molar-refractivity contribution in [1.82, 2.24) is 4.98 Å². The summed E-state index contributed by atoms with van der Waals surface area (Å²) in [7, 11) is 0. The van der Waals surface area contributed by atoms with Crippen LogP contribution in [0.1, 0.15) is 46.5 Å². The number of fused-ring (bicyclic) bond motifs is 2. The lowest BCUT2D eigenvalue weighted by Crippen LogP contribution is -2.00. The van der Waals surface area contributed by atoms with E-state index >= 15 is 0 Å². The van der Waals surface area contributed by atoms with Crippen molar-refractivity contribution in [3.8, 4) is 11.1 Å². The average Bonchev–Trinajstić information content (AvgIpc) is 3.45. The van der Waals surface area contributed by atoms with Gasteiger partial charge in [-0.15, -0.1) is 0 Å². The number of pyridine rings is 1. The number of rotatable bonds is 3. The van der Waals surface area contributed by atoms with E-state index in [1.54, 1.807) is 0 Å². The van der Waals surface area contributed by atoms with Gasteiger partial charge in [0.25, 0.3) is 0 Å². The van der Waals surface area contributed by atoms with Crippen LogP contribution in [0.5, 0.6) is 0 Å². The summed E-state index contributed by atoms with van der Waals surface area (Å²) in [5.74, 6) is 0. The Morgan fingerprint density at radius 3 is 1.34 bits per heavy atom. The Morgan fingerprint density at radius 2 is 0.914 bits per heavy atom. The third-order valence-corrected chi connectivity index (χ3v) is 7.61. The molecule has 0 fully saturated rings. The molecular weight excluding hydrogens is 493 g/mol. The van der Waals surface area contributed by atoms with Crippen molar-refractivity contribution in [2.75, 3.05) is 0 Å². The number of aromatic nitrogens is 1. The van der Waals surface area contributed by atoms with Crippen molar-refractivity contribution in [2.24, 2.45) is 0 Å². The van der Waals surface area contributed by atoms with E-state index in [1.165, 1.54) is 33.4 Å². The highest BCUT2D eigenvalue weighted by atomic mass is 35.5. The minimum absolute atomic E-state index is 0.747. The molecule has 2 aliphatic rings. The third-order valence-electron chi connectivity index (χ3n) is 6.85. The normalized spacial score (nSPS) is 16.7. The summed E-state index contributed by atoms with van der Waals surface area (Å²) in [6.07, 6.45) is 8.44. The highest BCUT2D eigenvalue weighted by Gasteiger charge is 2.30. The van der Waals surface area contributed by atoms with Crippen LogP contribution in [-0.4, -0.2) is 4.98 Å². The van der Waals surface area contributed by atoms with Crippen LogP contribution in [0.15, 0.2) is 72.8 Å². The molecule has 4 aromatic rings. The summed E-state index contributed by atoms with van der Waals surface area (Å²) in [6, 6.07) is 24.2. The summed E-state index contributed by atoms with van der Waals surface area (Å²) in [4.78, 5) is 5.31. The molecule has 1 aromatic heterocycles. The van der Waals surface area contributed by atoms with Crippen LogP contribution in [0.2, 0.25) is 15.1 Å². The molecule has 6 rings (SSSR count). The van der Waals surface area contributed by atoms with Gasteiger partial charge >= 0.3 is 0 Å². The Hall–Kier alpha value is -2.84. The van der Waals surface area contributed by atoms with Gasteiger partial charge in [-0.1, -0.05) is 71.2 Å². The van der Waals surface area contributed by atoms with Gasteiger partial charge in [-0.3, -0.25) is 0 Å². The molecule has 0 radical (unpaired) electrons. The zero-order valence-electron chi connectivity index (χ0n) is 19.0. The highest BCUT2D eigenvalue weighted by Crippen LogP contribution is 2.46. The molecule has 1 nitrogen and oxygen atoms in total. The Kier molecular flexibility index (Phi) is 6.02. The van der Waals surface area contributed by atoms with E-state index in [-0.39, 0.29) is 0 Å². The first kappa shape index (κ1) is 22.6. The summed E-state index contributed by atoms with van der Waals surface area (Å²) < 4.78 is 0. The summed E-state index contributed by atoms with van der Waals surface area (Å²) in [5, 5.41) is 2.25. The zero-order valence-corrected chi connectivity index (χ0v) is 21.3. The molecule has 3 aromatic carbocycles. The predicted molar refractivity (Wildman–Crippen MR) is 150 cm³/mol. The van der Waals surface area contributed by atoms with Gasteiger partial charge in [-0.05, 0) is 119 Å². The molecule has 0 aliphatic heterocycles. The second-order valence-corrected chi connectivity index (χ2v) is 10.4. The molecule has 35 heavy (non-hydrogen) atoms. The van der Waals surface area contributed by atoms with Crippen molar-refractivity contribution < 1.29 is 0 Å². The van der Waals surface area contributed by atoms with E-state index in [4.69, 9.17) is 39.8 Å². The lowest BCUT2D eigenvalue weighted by atomic mass is 9.93. The van der Waals surface area contributed by atoms with Crippen LogP contribution in [0.3, 0.4) is 0 Å². The Labute approximate surface area is 220 Å². The standard InChI is InChI=1S/C31H22Cl3N/c32-24-9-1-19(2-10-24)17-22-7-15-27-29(21-5-13-26(34)14-6-21)28-16-8-23(31(28)35-30(22)27)18-20-3-11-25(33)12-4-20/h1-6,9-14,17-18H,7-8,15-16H2/b22-17+,23-18+. The quantitative estimate of drug-likeness (QED) is 0.265. The van der Waals surface area contributed by atoms with E-state index in [0.717, 1.165) is 63.3 Å². The van der Waals surface area contributed by atoms with Crippen molar-refractivity contribution in [1.29, 1.82) is 0 Å². The van der Waals surface area contributed by atoms with Gasteiger partial charge < -0.3 is 0 Å². The fourth-order valence-corrected chi connectivity index (χ4v) is 5.58. The Morgan fingerprint density at radius 1 is 0.514 bits per heavy atom. The van der Waals surface area contributed by atoms with Gasteiger partial charge in [0.2, 0.25) is 0 Å². The largest absolute Gasteiger partial charge is 0.248 e. The monoisotopic (exact) mass is 513 g/mol. The van der Waals surface area contributed by atoms with Gasteiger partial charge in [-0.25, -0.2) is 4.98 Å². The molecule has 0 atom stereocenters. The molecule has 0 amide bonds. The maximum atomic E-state index is 6.23. The minimum Gasteiger partial charge on any atom is -0.248 e. The summed E-state index contributed by atoms with van der Waals surface area (Å²) in [5.41, 5.74) is 12.3. The van der Waals surface area contributed by atoms with Gasteiger partial charge in [-0.2, -0.15) is 0 Å². The summed E-state index contributed by atoms with van der Waals surface area (Å²) in [6.45, 7) is 0. The highest BCUT2D eigenvalue weighted by molar-refractivity contribution is 6.31. The number of benzene rings is 3. The lowest BCUT2D eigenvalue weighted by molar-refractivity contribution is 1.05. The maximum absolute atomic E-state index is 6.23. The zero-order chi connectivity index (χ0) is 23.9. The van der Waals surface area contributed by atoms with Crippen molar-refractivity contribution >= 4 is 58.1 Å². The molecule has 0 unspecified atom stereocenters. The molecule has 0 saturated carbocycles. The van der Waals surface area contributed by atoms with Gasteiger partial charge in [0.05, 0.1) is 11.4 Å². The van der Waals surface area contributed by atoms with Crippen LogP contribution < -0.4 is 0 Å². The van der Waals surface area contributed by atoms with Crippen LogP contribution in [0, 0.1) is 0 Å². The van der Waals surface area contributed by atoms with Crippen molar-refractivity contribution in [3.63, 3.8) is 0 Å². The number of hydrogen-bond donors (Lipinski definition) is 0. The minimum atomic E-state index is 0.747. The van der Waals surface area contributed by atoms with Crippen LogP contribution in [0.25, 0.3) is 34.4 Å². The van der Waals surface area contributed by atoms with Crippen molar-refractivity contribution in [2.45, 2.75) is 25.7 Å². The van der Waals surface area contributed by atoms with E-state index in [2.05, 4.69) is 48.6 Å². The second kappa shape index (κ2) is 9.32. The molecule has 1 heterocycles. The van der Waals surface area contributed by atoms with E-state index in [9.17, 15) is 0 Å². The fourth-order valence-electron chi connectivity index (χ4n) is 5.21. The second-order valence-electron chi connectivity index (χ2n) is 9.09. The van der Waals surface area contributed by atoms with Gasteiger partial charge in [0.15, 0.2) is 0 Å². The number of nitrogens with zero attached hydrogens (tertiary/aromatic N) is 1. The van der Waals surface area contributed by atoms with E-state index in [0.29, 0.717) is 0 Å². The van der Waals surface area contributed by atoms with Gasteiger partial charge in [0, 0.05) is 15.1 Å². The van der Waals surface area contributed by atoms with Crippen molar-refractivity contribution in [3.05, 3.63) is 122 Å². The molecule has 172 valence electrons. The molecule has 0 spiro atoms. The lowest BCUT2D eigenvalue weighted by Gasteiger charge is -2.15. The maximum Gasteiger partial charge on any atom is 0.0707 e. The van der Waals surface area contributed by atoms with Crippen LogP contribution in [0.4, 0.5) is 0 Å². The molecule has 0 N–H and O–H groups in total. The summed E-state index contributed by atoms with van der Waals surface area (Å²) >= 11 is 18.4. The molecule has 4 heteroatoms. The third kappa shape index (κ3) is 4.45. The first-order valence-electron chi connectivity index (χ1n) is 11.8. The molecule has 2 aliphatic carbocycles. The number of hydrogen-bond acceptors (Lipinski definition) is 1. The topological polar surface area (TPSA) is 12.9 Å². The molecular formula is C31H22Cl3N. The fraction of sp³-hybridized carbons (Fsp3) is 0.129. The number of allylic oxidation sites excluding steroid dienone is 2. The Bertz CT molecular complexity index is 1390. The Balaban J connectivity index is 1.53. The first-order chi connectivity index (χ1) is 17.0. The molecule has 0 bridgehead atoms. The first-order valence-corrected chi connectivity index (χ1v) is 12.9. The van der Waals surface area contributed by atoms with E-state index in [1.807, 2.05) is 36.4 Å². The average molecular weight is 515 g/mol. The molecule has 0 saturated heterocycles. The van der Waals surface area contributed by atoms with E-state index < -0.39 is 0 Å². The SMILES string of the molecule is Clc1ccc(/C=C2\CCc3c2nc2c(c3-c3ccc(Cl)cc3)CC/C2=C\c2ccc(Cl)cc2)cc1. The van der Waals surface area contributed by atoms with Crippen LogP contribution >= 0.6 is 34.8 Å². The van der Waals surface area contributed by atoms with Gasteiger partial charge in [0.1, 0.15) is 0 Å².